The molecule has 3 rings (SSSR count). The molecule has 2 aromatic rings. The van der Waals surface area contributed by atoms with Crippen LogP contribution < -0.4 is 4.74 Å². The van der Waals surface area contributed by atoms with Crippen molar-refractivity contribution in [3.63, 3.8) is 0 Å². The highest BCUT2D eigenvalue weighted by molar-refractivity contribution is 7.92. The minimum atomic E-state index is -4.98. The normalized spacial score (nSPS) is 22.5. The molecular weight excluding hydrogens is 476 g/mol. The predicted molar refractivity (Wildman–Crippen MR) is 106 cm³/mol. The molecule has 1 heterocycles. The third-order valence-corrected chi connectivity index (χ3v) is 8.97. The van der Waals surface area contributed by atoms with Gasteiger partial charge in [-0.05, 0) is 50.1 Å². The smallest absolute Gasteiger partial charge is 0.406 e. The first-order valence-corrected chi connectivity index (χ1v) is 12.7. The molecule has 12 heteroatoms. The van der Waals surface area contributed by atoms with Crippen LogP contribution in [0.4, 0.5) is 17.6 Å². The number of ether oxygens (including phenoxy) is 2. The van der Waals surface area contributed by atoms with Gasteiger partial charge in [0.25, 0.3) is 0 Å². The molecule has 0 bridgehead atoms. The fourth-order valence-corrected chi connectivity index (χ4v) is 5.99. The van der Waals surface area contributed by atoms with Gasteiger partial charge in [-0.25, -0.2) is 21.2 Å². The van der Waals surface area contributed by atoms with Gasteiger partial charge in [-0.1, -0.05) is 12.1 Å². The van der Waals surface area contributed by atoms with E-state index in [2.05, 4.69) is 4.74 Å². The Labute approximate surface area is 183 Å². The molecule has 0 aromatic heterocycles. The molecule has 0 N–H and O–H groups in total. The first-order valence-electron chi connectivity index (χ1n) is 9.34. The van der Waals surface area contributed by atoms with E-state index in [9.17, 15) is 34.4 Å². The van der Waals surface area contributed by atoms with E-state index in [1.54, 1.807) is 0 Å². The molecular formula is C20H20F4O6S2. The Morgan fingerprint density at radius 2 is 1.75 bits per heavy atom. The maximum Gasteiger partial charge on any atom is 0.573 e. The highest BCUT2D eigenvalue weighted by Gasteiger charge is 2.46. The minimum Gasteiger partial charge on any atom is -0.406 e. The molecule has 32 heavy (non-hydrogen) atoms. The van der Waals surface area contributed by atoms with Crippen LogP contribution in [0.2, 0.25) is 0 Å². The van der Waals surface area contributed by atoms with Crippen LogP contribution in [0.25, 0.3) is 0 Å². The highest BCUT2D eigenvalue weighted by atomic mass is 32.2. The number of hydrogen-bond donors (Lipinski definition) is 0. The summed E-state index contributed by atoms with van der Waals surface area (Å²) < 4.78 is 110. The van der Waals surface area contributed by atoms with E-state index >= 15 is 0 Å². The summed E-state index contributed by atoms with van der Waals surface area (Å²) in [7, 11) is -7.81. The molecule has 2 atom stereocenters. The summed E-state index contributed by atoms with van der Waals surface area (Å²) in [5.74, 6) is -1.53. The van der Waals surface area contributed by atoms with E-state index in [4.69, 9.17) is 4.74 Å². The van der Waals surface area contributed by atoms with Crippen molar-refractivity contribution in [3.8, 4) is 5.75 Å². The van der Waals surface area contributed by atoms with E-state index in [0.717, 1.165) is 36.6 Å². The lowest BCUT2D eigenvalue weighted by atomic mass is 9.92. The molecule has 0 saturated carbocycles. The lowest BCUT2D eigenvalue weighted by molar-refractivity contribution is -0.274. The molecule has 1 fully saturated rings. The first-order chi connectivity index (χ1) is 14.6. The molecule has 176 valence electrons. The summed E-state index contributed by atoms with van der Waals surface area (Å²) in [5.41, 5.74) is -0.00678. The van der Waals surface area contributed by atoms with E-state index in [1.165, 1.54) is 19.1 Å². The predicted octanol–water partition coefficient (Wildman–Crippen LogP) is 4.21. The lowest BCUT2D eigenvalue weighted by Crippen LogP contribution is -2.42. The van der Waals surface area contributed by atoms with Crippen molar-refractivity contribution in [2.45, 2.75) is 46.8 Å². The van der Waals surface area contributed by atoms with Gasteiger partial charge in [0.1, 0.15) is 11.6 Å². The standard InChI is InChI=1S/C20H20F4O6S2/c1-19(32(27,28)15-5-3-4-13(10-15)30-20(22,23)24)8-9-29-18(12-19)16-7-6-14(11-17(16)21)31(2,25)26/h3-7,10-11,18H,8-9,12H2,1-2H3. The quantitative estimate of drug-likeness (QED) is 0.577. The van der Waals surface area contributed by atoms with E-state index < -0.39 is 48.5 Å². The zero-order chi connectivity index (χ0) is 23.9. The second-order valence-corrected chi connectivity index (χ2v) is 12.2. The average molecular weight is 497 g/mol. The van der Waals surface area contributed by atoms with Crippen molar-refractivity contribution in [2.24, 2.45) is 0 Å². The van der Waals surface area contributed by atoms with Gasteiger partial charge in [-0.2, -0.15) is 0 Å². The monoisotopic (exact) mass is 496 g/mol. The maximum absolute atomic E-state index is 14.6. The number of halogens is 4. The van der Waals surface area contributed by atoms with Crippen LogP contribution in [0.1, 0.15) is 31.4 Å². The molecule has 0 spiro atoms. The van der Waals surface area contributed by atoms with Gasteiger partial charge in [-0.15, -0.1) is 13.2 Å². The van der Waals surface area contributed by atoms with Gasteiger partial charge < -0.3 is 9.47 Å². The molecule has 2 unspecified atom stereocenters. The average Bonchev–Trinajstić information content (AvgIpc) is 2.66. The van der Waals surface area contributed by atoms with Crippen LogP contribution in [-0.2, 0) is 24.4 Å². The number of sulfone groups is 2. The van der Waals surface area contributed by atoms with Crippen LogP contribution in [0, 0.1) is 5.82 Å². The fourth-order valence-electron chi connectivity index (χ4n) is 3.54. The Morgan fingerprint density at radius 3 is 2.34 bits per heavy atom. The van der Waals surface area contributed by atoms with Crippen molar-refractivity contribution in [2.75, 3.05) is 12.9 Å². The summed E-state index contributed by atoms with van der Waals surface area (Å²) in [6, 6.07) is 7.35. The van der Waals surface area contributed by atoms with E-state index in [1.807, 2.05) is 0 Å². The summed E-state index contributed by atoms with van der Waals surface area (Å²) in [6.07, 6.45) is -5.20. The Bertz CT molecular complexity index is 1220. The Kier molecular flexibility index (Phi) is 6.35. The molecule has 0 aliphatic carbocycles. The largest absolute Gasteiger partial charge is 0.573 e. The third kappa shape index (κ3) is 5.07. The van der Waals surface area contributed by atoms with Gasteiger partial charge in [0.15, 0.2) is 19.7 Å². The number of rotatable bonds is 5. The topological polar surface area (TPSA) is 86.7 Å². The molecule has 1 aliphatic rings. The molecule has 0 radical (unpaired) electrons. The van der Waals surface area contributed by atoms with E-state index in [-0.39, 0.29) is 34.8 Å². The van der Waals surface area contributed by atoms with Crippen LogP contribution in [-0.4, -0.2) is 40.8 Å². The van der Waals surface area contributed by atoms with Gasteiger partial charge in [0.05, 0.1) is 20.6 Å². The zero-order valence-corrected chi connectivity index (χ0v) is 18.7. The minimum absolute atomic E-state index is 0.00678. The maximum atomic E-state index is 14.6. The third-order valence-electron chi connectivity index (χ3n) is 5.31. The fraction of sp³-hybridized carbons (Fsp3) is 0.400. The Morgan fingerprint density at radius 1 is 1.06 bits per heavy atom. The van der Waals surface area contributed by atoms with Crippen LogP contribution in [0.15, 0.2) is 52.3 Å². The molecule has 1 saturated heterocycles. The van der Waals surface area contributed by atoms with Gasteiger partial charge in [-0.3, -0.25) is 0 Å². The number of benzene rings is 2. The van der Waals surface area contributed by atoms with Gasteiger partial charge in [0, 0.05) is 18.4 Å². The highest BCUT2D eigenvalue weighted by Crippen LogP contribution is 2.43. The van der Waals surface area contributed by atoms with Crippen molar-refractivity contribution in [1.29, 1.82) is 0 Å². The second kappa shape index (κ2) is 8.31. The van der Waals surface area contributed by atoms with Gasteiger partial charge >= 0.3 is 6.36 Å². The lowest BCUT2D eigenvalue weighted by Gasteiger charge is -2.38. The molecule has 6 nitrogen and oxygen atoms in total. The van der Waals surface area contributed by atoms with Crippen molar-refractivity contribution < 1.29 is 43.9 Å². The molecule has 1 aliphatic heterocycles. The summed E-state index contributed by atoms with van der Waals surface area (Å²) in [5, 5.41) is 0. The first kappa shape index (κ1) is 24.5. The molecule has 2 aromatic carbocycles. The van der Waals surface area contributed by atoms with Gasteiger partial charge in [0.2, 0.25) is 0 Å². The van der Waals surface area contributed by atoms with Crippen LogP contribution in [0.3, 0.4) is 0 Å². The Balaban J connectivity index is 1.93. The summed E-state index contributed by atoms with van der Waals surface area (Å²) in [6.45, 7) is 1.37. The number of hydrogen-bond acceptors (Lipinski definition) is 6. The number of alkyl halides is 3. The second-order valence-electron chi connectivity index (χ2n) is 7.75. The SMILES string of the molecule is CC1(S(=O)(=O)c2cccc(OC(F)(F)F)c2)CCOC(c2ccc(S(C)(=O)=O)cc2F)C1. The van der Waals surface area contributed by atoms with Crippen molar-refractivity contribution in [1.82, 2.24) is 0 Å². The zero-order valence-electron chi connectivity index (χ0n) is 17.0. The Hall–Kier alpha value is -2.18. The summed E-state index contributed by atoms with van der Waals surface area (Å²) >= 11 is 0. The van der Waals surface area contributed by atoms with Crippen molar-refractivity contribution in [3.05, 3.63) is 53.8 Å². The van der Waals surface area contributed by atoms with Crippen LogP contribution in [0.5, 0.6) is 5.75 Å². The summed E-state index contributed by atoms with van der Waals surface area (Å²) in [4.78, 5) is -0.596. The van der Waals surface area contributed by atoms with E-state index in [0.29, 0.717) is 0 Å². The van der Waals surface area contributed by atoms with Crippen molar-refractivity contribution >= 4 is 19.7 Å². The van der Waals surface area contributed by atoms with Crippen LogP contribution >= 0.6 is 0 Å². The molecule has 0 amide bonds.